The number of nitrogens with zero attached hydrogens (tertiary/aromatic N) is 16. The van der Waals surface area contributed by atoms with Crippen LogP contribution in [0, 0.1) is 11.8 Å². The minimum atomic E-state index is -0.945. The van der Waals surface area contributed by atoms with Gasteiger partial charge in [-0.3, -0.25) is 0 Å². The minimum absolute atomic E-state index is 0.168. The number of imide groups is 2. The molecule has 3 fully saturated rings. The van der Waals surface area contributed by atoms with E-state index in [1.165, 1.54) is 24.8 Å². The van der Waals surface area contributed by atoms with Gasteiger partial charge in [0.15, 0.2) is 39.8 Å². The molecule has 0 unspecified atom stereocenters. The van der Waals surface area contributed by atoms with Gasteiger partial charge in [0.05, 0.1) is 55.8 Å². The maximum Gasteiger partial charge on any atom is 0.498 e. The highest BCUT2D eigenvalue weighted by molar-refractivity contribution is 6.62. The van der Waals surface area contributed by atoms with E-state index in [1.54, 1.807) is 89.4 Å². The van der Waals surface area contributed by atoms with Crippen molar-refractivity contribution in [3.05, 3.63) is 42.7 Å². The molecule has 3 aliphatic rings. The maximum atomic E-state index is 13.0. The van der Waals surface area contributed by atoms with E-state index in [1.807, 2.05) is 43.2 Å². The Morgan fingerprint density at radius 1 is 0.533 bits per heavy atom. The molecule has 9 heterocycles. The van der Waals surface area contributed by atoms with Crippen LogP contribution in [-0.2, 0) is 50.8 Å². The summed E-state index contributed by atoms with van der Waals surface area (Å²) < 4.78 is 48.4. The number of fused-ring (bicyclic) bond motifs is 2. The van der Waals surface area contributed by atoms with Gasteiger partial charge < -0.3 is 56.7 Å². The summed E-state index contributed by atoms with van der Waals surface area (Å²) in [5, 5.41) is 0.268. The summed E-state index contributed by atoms with van der Waals surface area (Å²) in [6.07, 6.45) is 5.69. The predicted octanol–water partition coefficient (Wildman–Crippen LogP) is 9.88. The summed E-state index contributed by atoms with van der Waals surface area (Å²) in [6.45, 7) is 43.9. The Kier molecular flexibility index (Phi) is 21.7. The first kappa shape index (κ1) is 70.0. The summed E-state index contributed by atoms with van der Waals surface area (Å²) in [7, 11) is -0.666. The van der Waals surface area contributed by atoms with Crippen molar-refractivity contribution in [1.29, 1.82) is 0 Å². The molecule has 30 heteroatoms. The monoisotopic (exact) mass is 1270 g/mol. The highest BCUT2D eigenvalue weighted by Gasteiger charge is 2.52. The molecule has 4 amide bonds. The van der Waals surface area contributed by atoms with E-state index in [2.05, 4.69) is 77.4 Å². The summed E-state index contributed by atoms with van der Waals surface area (Å²) >= 11 is 6.09. The largest absolute Gasteiger partial charge is 0.498 e. The molecule has 3 saturated heterocycles. The number of ether oxygens (including phenoxy) is 6. The van der Waals surface area contributed by atoms with Crippen molar-refractivity contribution in [2.45, 2.75) is 185 Å². The van der Waals surface area contributed by atoms with Gasteiger partial charge in [-0.25, -0.2) is 59.0 Å². The molecule has 0 bridgehead atoms. The van der Waals surface area contributed by atoms with Crippen molar-refractivity contribution in [2.24, 2.45) is 11.8 Å². The SMILES string of the molecule is CC(C)(C)OC(=O)N(C(=O)OC(C)(C)C)c1ncc(B2OC(C)(C)C(C)(C)O2)cn1.CC(C)Cn1cnc2c(N3CCOCC3)nc(-c3cnc(N(C(=O)OC(C)(C)C)C(=O)OC(C)(C)C)nc3)nc21.CC(C)Cn1cnc2c(N3CCOCC3)nc(Cl)nc21. The average Bonchev–Trinajstić information content (AvgIpc) is 1.62. The molecule has 90 heavy (non-hydrogen) atoms. The molecule has 3 aliphatic heterocycles. The molecule has 6 aromatic rings. The van der Waals surface area contributed by atoms with Crippen molar-refractivity contribution in [2.75, 3.05) is 72.2 Å². The fraction of sp³-hybridized carbons (Fsp3) is 0.633. The number of carbonyl (C=O) groups is 4. The molecule has 0 atom stereocenters. The van der Waals surface area contributed by atoms with E-state index < -0.39 is 65.1 Å². The number of rotatable bonds is 10. The third kappa shape index (κ3) is 18.6. The van der Waals surface area contributed by atoms with E-state index in [-0.39, 0.29) is 17.2 Å². The first-order valence-corrected chi connectivity index (χ1v) is 30.4. The third-order valence-electron chi connectivity index (χ3n) is 13.4. The van der Waals surface area contributed by atoms with Crippen molar-refractivity contribution in [3.8, 4) is 11.4 Å². The van der Waals surface area contributed by atoms with Crippen LogP contribution in [0.3, 0.4) is 0 Å². The van der Waals surface area contributed by atoms with Crippen LogP contribution in [0.5, 0.6) is 0 Å². The normalized spacial score (nSPS) is 16.1. The highest BCUT2D eigenvalue weighted by Crippen LogP contribution is 2.37. The second-order valence-corrected chi connectivity index (χ2v) is 27.9. The Hall–Kier alpha value is -7.47. The molecule has 0 spiro atoms. The predicted molar refractivity (Wildman–Crippen MR) is 340 cm³/mol. The van der Waals surface area contributed by atoms with Gasteiger partial charge in [0.2, 0.25) is 17.2 Å². The van der Waals surface area contributed by atoms with Crippen LogP contribution in [0.1, 0.15) is 138 Å². The molecule has 490 valence electrons. The summed E-state index contributed by atoms with van der Waals surface area (Å²) in [5.74, 6) is 2.47. The second kappa shape index (κ2) is 28.0. The van der Waals surface area contributed by atoms with E-state index in [4.69, 9.17) is 59.3 Å². The molecular weight excluding hydrogens is 1180 g/mol. The first-order valence-electron chi connectivity index (χ1n) is 30.1. The quantitative estimate of drug-likeness (QED) is 0.0700. The molecular formula is C60H88BClN16O12. The number of halogens is 1. The molecule has 28 nitrogen and oxygen atoms in total. The summed E-state index contributed by atoms with van der Waals surface area (Å²) in [5.41, 5.74) is -0.276. The molecule has 0 radical (unpaired) electrons. The fourth-order valence-electron chi connectivity index (χ4n) is 8.81. The van der Waals surface area contributed by atoms with Crippen LogP contribution < -0.4 is 25.1 Å². The first-order chi connectivity index (χ1) is 41.8. The molecule has 0 aliphatic carbocycles. The van der Waals surface area contributed by atoms with Crippen LogP contribution in [0.4, 0.5) is 42.7 Å². The average molecular weight is 1270 g/mol. The molecule has 6 aromatic heterocycles. The van der Waals surface area contributed by atoms with Gasteiger partial charge in [-0.15, -0.1) is 9.80 Å². The number of hydrogen-bond acceptors (Lipinski definition) is 24. The molecule has 0 aromatic carbocycles. The van der Waals surface area contributed by atoms with Gasteiger partial charge in [-0.1, -0.05) is 27.7 Å². The van der Waals surface area contributed by atoms with Crippen LogP contribution in [-0.4, -0.2) is 177 Å². The van der Waals surface area contributed by atoms with E-state index in [0.717, 1.165) is 43.2 Å². The van der Waals surface area contributed by atoms with Crippen LogP contribution in [0.25, 0.3) is 33.7 Å². The maximum absolute atomic E-state index is 13.0. The smallest absolute Gasteiger partial charge is 0.443 e. The lowest BCUT2D eigenvalue weighted by Gasteiger charge is -2.32. The molecule has 0 N–H and O–H groups in total. The lowest BCUT2D eigenvalue weighted by atomic mass is 9.81. The lowest BCUT2D eigenvalue weighted by Crippen LogP contribution is -2.45. The minimum Gasteiger partial charge on any atom is -0.443 e. The van der Waals surface area contributed by atoms with Gasteiger partial charge in [-0.2, -0.15) is 9.97 Å². The third-order valence-corrected chi connectivity index (χ3v) is 13.6. The van der Waals surface area contributed by atoms with Crippen molar-refractivity contribution >= 4 is 94.4 Å². The highest BCUT2D eigenvalue weighted by atomic mass is 35.5. The Morgan fingerprint density at radius 3 is 1.23 bits per heavy atom. The van der Waals surface area contributed by atoms with Crippen LogP contribution >= 0.6 is 11.6 Å². The van der Waals surface area contributed by atoms with E-state index >= 15 is 0 Å². The number of amides is 4. The lowest BCUT2D eigenvalue weighted by molar-refractivity contribution is 0.00578. The summed E-state index contributed by atoms with van der Waals surface area (Å²) in [4.78, 5) is 101. The Bertz CT molecular complexity index is 3380. The van der Waals surface area contributed by atoms with Crippen molar-refractivity contribution in [3.63, 3.8) is 0 Å². The van der Waals surface area contributed by atoms with Crippen molar-refractivity contribution in [1.82, 2.24) is 59.0 Å². The number of imidazole rings is 2. The number of morpholine rings is 2. The van der Waals surface area contributed by atoms with Gasteiger partial charge in [0.25, 0.3) is 0 Å². The zero-order chi connectivity index (χ0) is 66.5. The number of aromatic nitrogens is 12. The van der Waals surface area contributed by atoms with E-state index in [9.17, 15) is 19.2 Å². The number of carbonyl (C=O) groups excluding carboxylic acids is 4. The van der Waals surface area contributed by atoms with Gasteiger partial charge in [-0.05, 0) is 134 Å². The zero-order valence-electron chi connectivity index (χ0n) is 55.7. The van der Waals surface area contributed by atoms with Crippen LogP contribution in [0.15, 0.2) is 37.4 Å². The Morgan fingerprint density at radius 2 is 0.878 bits per heavy atom. The number of hydrogen-bond donors (Lipinski definition) is 0. The van der Waals surface area contributed by atoms with E-state index in [0.29, 0.717) is 95.0 Å². The fourth-order valence-corrected chi connectivity index (χ4v) is 8.97. The van der Waals surface area contributed by atoms with Crippen molar-refractivity contribution < 1.29 is 56.9 Å². The molecule has 9 rings (SSSR count). The Balaban J connectivity index is 0.000000203. The number of anilines is 4. The van der Waals surface area contributed by atoms with Gasteiger partial charge in [0, 0.05) is 69.5 Å². The summed E-state index contributed by atoms with van der Waals surface area (Å²) in [6, 6.07) is 0. The van der Waals surface area contributed by atoms with Gasteiger partial charge >= 0.3 is 31.5 Å². The standard InChI is InChI=1S/C27H38N8O5.C20H32BN3O6.C13H18ClN5O/c1-17(2)15-34-16-30-19-21(33-9-11-38-12-10-33)31-20(32-22(19)34)18-13-28-23(29-14-18)35(24(36)39-26(3,4)5)25(37)40-27(6,7)8;1-17(2,3)27-15(25)24(16(26)28-18(4,5)6)14-22-11-13(12-23-14)21-29-19(7,8)20(9,10)30-21;1-9(2)7-19-8-15-10-11(16-13(14)17-12(10)19)18-3-5-20-6-4-18/h13-14,16-17H,9-12,15H2,1-8H3;11-12H,1-10H3;8-9H,3-7H2,1-2H3. The topological polar surface area (TPSA) is 294 Å². The van der Waals surface area contributed by atoms with Gasteiger partial charge in [0.1, 0.15) is 22.4 Å². The Labute approximate surface area is 531 Å². The second-order valence-electron chi connectivity index (χ2n) is 27.6. The van der Waals surface area contributed by atoms with Crippen LogP contribution in [0.2, 0.25) is 5.28 Å². The zero-order valence-corrected chi connectivity index (χ0v) is 56.5. The molecule has 0 saturated carbocycles.